The van der Waals surface area contributed by atoms with Gasteiger partial charge in [0, 0.05) is 12.0 Å². The van der Waals surface area contributed by atoms with E-state index in [2.05, 4.69) is 6.58 Å². The molecule has 1 unspecified atom stereocenters. The van der Waals surface area contributed by atoms with Gasteiger partial charge in [-0.05, 0) is 74.6 Å². The molecule has 4 aliphatic carbocycles. The maximum Gasteiger partial charge on any atom is 0.263 e. The molecule has 0 spiro atoms. The third kappa shape index (κ3) is 2.91. The summed E-state index contributed by atoms with van der Waals surface area (Å²) in [5.74, 6) is 2.66. The predicted octanol–water partition coefficient (Wildman–Crippen LogP) is 4.91. The van der Waals surface area contributed by atoms with E-state index in [1.807, 2.05) is 18.4 Å². The van der Waals surface area contributed by atoms with Gasteiger partial charge in [-0.1, -0.05) is 17.8 Å². The summed E-state index contributed by atoms with van der Waals surface area (Å²) in [4.78, 5) is 32.0. The van der Waals surface area contributed by atoms with Crippen molar-refractivity contribution < 1.29 is 4.79 Å². The summed E-state index contributed by atoms with van der Waals surface area (Å²) in [6, 6.07) is 1.83. The van der Waals surface area contributed by atoms with Gasteiger partial charge in [-0.25, -0.2) is 4.98 Å². The molecule has 2 aromatic rings. The Labute approximate surface area is 173 Å². The van der Waals surface area contributed by atoms with Crippen LogP contribution in [-0.4, -0.2) is 20.6 Å². The zero-order valence-corrected chi connectivity index (χ0v) is 17.9. The fraction of sp³-hybridized carbons (Fsp3) is 0.591. The largest absolute Gasteiger partial charge is 0.298 e. The molecular weight excluding hydrogens is 388 g/mol. The highest BCUT2D eigenvalue weighted by molar-refractivity contribution is 8.00. The van der Waals surface area contributed by atoms with Crippen molar-refractivity contribution in [2.75, 3.05) is 0 Å². The van der Waals surface area contributed by atoms with E-state index in [9.17, 15) is 9.59 Å². The highest BCUT2D eigenvalue weighted by Crippen LogP contribution is 2.61. The first-order chi connectivity index (χ1) is 13.5. The SMILES string of the molecule is C=CCn1c(SC(C)C(=O)C23CC4CC(CC(C4)C2)C3)nc2sccc2c1=O. The summed E-state index contributed by atoms with van der Waals surface area (Å²) < 4.78 is 1.66. The maximum absolute atomic E-state index is 13.6. The van der Waals surface area contributed by atoms with Crippen LogP contribution >= 0.6 is 23.1 Å². The van der Waals surface area contributed by atoms with Crippen molar-refractivity contribution in [3.05, 3.63) is 34.5 Å². The molecule has 0 aliphatic heterocycles. The Morgan fingerprint density at radius 2 is 2.00 bits per heavy atom. The lowest BCUT2D eigenvalue weighted by molar-refractivity contribution is -0.142. The standard InChI is InChI=1S/C22H26N2O2S2/c1-3-5-24-20(26)17-4-6-27-19(17)23-21(24)28-13(2)18(25)22-10-14-7-15(11-22)9-16(8-14)12-22/h3-4,6,13-16H,1,5,7-12H2,2H3. The molecule has 4 fully saturated rings. The van der Waals surface area contributed by atoms with Gasteiger partial charge in [0.2, 0.25) is 0 Å². The summed E-state index contributed by atoms with van der Waals surface area (Å²) in [7, 11) is 0. The van der Waals surface area contributed by atoms with E-state index < -0.39 is 0 Å². The molecule has 1 atom stereocenters. The maximum atomic E-state index is 13.6. The fourth-order valence-corrected chi connectivity index (χ4v) is 8.28. The molecule has 4 bridgehead atoms. The van der Waals surface area contributed by atoms with Gasteiger partial charge in [0.15, 0.2) is 10.9 Å². The van der Waals surface area contributed by atoms with Crippen molar-refractivity contribution in [3.63, 3.8) is 0 Å². The number of carbonyl (C=O) groups is 1. The molecule has 148 valence electrons. The van der Waals surface area contributed by atoms with Crippen LogP contribution in [0.15, 0.2) is 34.1 Å². The Balaban J connectivity index is 1.45. The zero-order chi connectivity index (χ0) is 19.5. The highest BCUT2D eigenvalue weighted by atomic mass is 32.2. The van der Waals surface area contributed by atoms with Crippen molar-refractivity contribution in [2.24, 2.45) is 23.2 Å². The van der Waals surface area contributed by atoms with Crippen LogP contribution in [0, 0.1) is 23.2 Å². The molecule has 4 aliphatic rings. The van der Waals surface area contributed by atoms with Gasteiger partial charge in [-0.3, -0.25) is 14.2 Å². The Morgan fingerprint density at radius 1 is 1.36 bits per heavy atom. The number of allylic oxidation sites excluding steroid dienone is 1. The molecule has 2 aromatic heterocycles. The van der Waals surface area contributed by atoms with Crippen LogP contribution in [0.2, 0.25) is 0 Å². The lowest BCUT2D eigenvalue weighted by atomic mass is 9.48. The lowest BCUT2D eigenvalue weighted by Gasteiger charge is -2.56. The van der Waals surface area contributed by atoms with Crippen LogP contribution < -0.4 is 5.56 Å². The normalized spacial score (nSPS) is 32.0. The van der Waals surface area contributed by atoms with Gasteiger partial charge >= 0.3 is 0 Å². The van der Waals surface area contributed by atoms with Crippen LogP contribution in [0.25, 0.3) is 10.2 Å². The summed E-state index contributed by atoms with van der Waals surface area (Å²) in [5, 5.41) is 3.01. The number of Topliss-reactive ketones (excluding diaryl/α,β-unsaturated/α-hetero) is 1. The number of thiophene rings is 1. The number of hydrogen-bond acceptors (Lipinski definition) is 5. The van der Waals surface area contributed by atoms with E-state index in [-0.39, 0.29) is 16.2 Å². The van der Waals surface area contributed by atoms with Crippen LogP contribution in [0.5, 0.6) is 0 Å². The summed E-state index contributed by atoms with van der Waals surface area (Å²) >= 11 is 2.94. The molecule has 4 saturated carbocycles. The van der Waals surface area contributed by atoms with Crippen molar-refractivity contribution in [1.82, 2.24) is 9.55 Å². The van der Waals surface area contributed by atoms with E-state index in [4.69, 9.17) is 4.98 Å². The van der Waals surface area contributed by atoms with Gasteiger partial charge in [0.1, 0.15) is 4.83 Å². The van der Waals surface area contributed by atoms with E-state index in [1.165, 1.54) is 42.4 Å². The van der Waals surface area contributed by atoms with Crippen LogP contribution in [0.4, 0.5) is 0 Å². The molecule has 0 aromatic carbocycles. The minimum atomic E-state index is -0.184. The first-order valence-corrected chi connectivity index (χ1v) is 12.0. The van der Waals surface area contributed by atoms with Gasteiger partial charge in [0.05, 0.1) is 10.6 Å². The Morgan fingerprint density at radius 3 is 2.61 bits per heavy atom. The van der Waals surface area contributed by atoms with Crippen molar-refractivity contribution in [2.45, 2.75) is 62.4 Å². The van der Waals surface area contributed by atoms with E-state index in [0.29, 0.717) is 22.9 Å². The molecule has 6 heteroatoms. The van der Waals surface area contributed by atoms with Crippen LogP contribution in [0.1, 0.15) is 45.4 Å². The lowest BCUT2D eigenvalue weighted by Crippen LogP contribution is -2.51. The quantitative estimate of drug-likeness (QED) is 0.383. The third-order valence-electron chi connectivity index (χ3n) is 7.07. The minimum absolute atomic E-state index is 0.0388. The second-order valence-electron chi connectivity index (χ2n) is 9.06. The Hall–Kier alpha value is -1.40. The number of carbonyl (C=O) groups excluding carboxylic acids is 1. The topological polar surface area (TPSA) is 52.0 Å². The average molecular weight is 415 g/mol. The third-order valence-corrected chi connectivity index (χ3v) is 8.97. The van der Waals surface area contributed by atoms with Crippen molar-refractivity contribution in [1.29, 1.82) is 0 Å². The number of fused-ring (bicyclic) bond motifs is 1. The summed E-state index contributed by atoms with van der Waals surface area (Å²) in [5.41, 5.74) is -0.152. The van der Waals surface area contributed by atoms with E-state index in [1.54, 1.807) is 10.6 Å². The number of nitrogens with zero attached hydrogens (tertiary/aromatic N) is 2. The van der Waals surface area contributed by atoms with Crippen LogP contribution in [-0.2, 0) is 11.3 Å². The number of aromatic nitrogens is 2. The van der Waals surface area contributed by atoms with Crippen LogP contribution in [0.3, 0.4) is 0 Å². The summed E-state index contributed by atoms with van der Waals surface area (Å²) in [6.07, 6.45) is 8.98. The average Bonchev–Trinajstić information content (AvgIpc) is 3.12. The first kappa shape index (κ1) is 18.6. The molecule has 0 N–H and O–H groups in total. The zero-order valence-electron chi connectivity index (χ0n) is 16.2. The number of hydrogen-bond donors (Lipinski definition) is 0. The second kappa shape index (κ2) is 6.84. The molecule has 0 amide bonds. The van der Waals surface area contributed by atoms with E-state index in [0.717, 1.165) is 41.8 Å². The number of thioether (sulfide) groups is 1. The molecule has 28 heavy (non-hydrogen) atoms. The molecule has 0 radical (unpaired) electrons. The van der Waals surface area contributed by atoms with Gasteiger partial charge in [-0.2, -0.15) is 0 Å². The Bertz CT molecular complexity index is 970. The van der Waals surface area contributed by atoms with E-state index >= 15 is 0 Å². The number of rotatable bonds is 6. The fourth-order valence-electron chi connectivity index (χ4n) is 6.37. The minimum Gasteiger partial charge on any atom is -0.298 e. The van der Waals surface area contributed by atoms with Gasteiger partial charge < -0.3 is 0 Å². The summed E-state index contributed by atoms with van der Waals surface area (Å²) in [6.45, 7) is 6.21. The second-order valence-corrected chi connectivity index (χ2v) is 11.3. The molecule has 0 saturated heterocycles. The number of ketones is 1. The van der Waals surface area contributed by atoms with Gasteiger partial charge in [0.25, 0.3) is 5.56 Å². The Kier molecular flexibility index (Phi) is 4.55. The van der Waals surface area contributed by atoms with Gasteiger partial charge in [-0.15, -0.1) is 17.9 Å². The molecule has 4 nitrogen and oxygen atoms in total. The smallest absolute Gasteiger partial charge is 0.263 e. The highest BCUT2D eigenvalue weighted by Gasteiger charge is 2.55. The first-order valence-electron chi connectivity index (χ1n) is 10.3. The molecule has 6 rings (SSSR count). The van der Waals surface area contributed by atoms with Crippen molar-refractivity contribution in [3.8, 4) is 0 Å². The molecule has 2 heterocycles. The van der Waals surface area contributed by atoms with Crippen molar-refractivity contribution >= 4 is 39.1 Å². The monoisotopic (exact) mass is 414 g/mol. The molecular formula is C22H26N2O2S2. The predicted molar refractivity (Wildman–Crippen MR) is 115 cm³/mol.